The quantitative estimate of drug-likeness (QED) is 0.888. The van der Waals surface area contributed by atoms with Crippen molar-refractivity contribution in [1.29, 1.82) is 0 Å². The van der Waals surface area contributed by atoms with Crippen molar-refractivity contribution in [2.45, 2.75) is 25.4 Å². The predicted molar refractivity (Wildman–Crippen MR) is 74.7 cm³/mol. The maximum atomic E-state index is 5.82. The second kappa shape index (κ2) is 7.21. The first kappa shape index (κ1) is 16.7. The molecule has 0 aliphatic heterocycles. The van der Waals surface area contributed by atoms with Crippen LogP contribution in [0.3, 0.4) is 0 Å². The lowest BCUT2D eigenvalue weighted by molar-refractivity contribution is 0.211. The van der Waals surface area contributed by atoms with E-state index in [1.807, 2.05) is 19.6 Å². The van der Waals surface area contributed by atoms with Crippen LogP contribution in [0.2, 0.25) is 0 Å². The van der Waals surface area contributed by atoms with Crippen molar-refractivity contribution in [3.8, 4) is 0 Å². The number of likely N-dealkylation sites (N-methyl/N-ethyl adjacent to an activating group) is 1. The molecular weight excluding hydrogens is 259 g/mol. The van der Waals surface area contributed by atoms with E-state index in [9.17, 15) is 0 Å². The van der Waals surface area contributed by atoms with Gasteiger partial charge in [-0.1, -0.05) is 0 Å². The molecule has 17 heavy (non-hydrogen) atoms. The first-order chi connectivity index (χ1) is 7.22. The van der Waals surface area contributed by atoms with Crippen molar-refractivity contribution in [3.63, 3.8) is 0 Å². The van der Waals surface area contributed by atoms with Crippen LogP contribution in [0, 0.1) is 5.92 Å². The van der Waals surface area contributed by atoms with Crippen LogP contribution < -0.4 is 5.73 Å². The highest BCUT2D eigenvalue weighted by Gasteiger charge is 2.32. The van der Waals surface area contributed by atoms with Crippen LogP contribution in [-0.4, -0.2) is 34.1 Å². The van der Waals surface area contributed by atoms with Gasteiger partial charge in [-0.25, -0.2) is 4.98 Å². The number of rotatable bonds is 5. The van der Waals surface area contributed by atoms with Gasteiger partial charge in [0.2, 0.25) is 0 Å². The van der Waals surface area contributed by atoms with Crippen LogP contribution >= 0.6 is 24.8 Å². The Morgan fingerprint density at radius 1 is 1.53 bits per heavy atom. The molecular formula is C11H22Cl2N4. The second-order valence-electron chi connectivity index (χ2n) is 4.55. The molecule has 1 atom stereocenters. The summed E-state index contributed by atoms with van der Waals surface area (Å²) in [6, 6.07) is 0.542. The minimum absolute atomic E-state index is 0. The molecule has 0 radical (unpaired) electrons. The molecule has 4 nitrogen and oxygen atoms in total. The largest absolute Gasteiger partial charge is 0.337 e. The van der Waals surface area contributed by atoms with Gasteiger partial charge in [-0.05, 0) is 25.8 Å². The Balaban J connectivity index is 0.00000128. The number of aryl methyl sites for hydroxylation is 1. The third kappa shape index (κ3) is 4.14. The smallest absolute Gasteiger partial charge is 0.0945 e. The zero-order valence-electron chi connectivity index (χ0n) is 10.4. The Hall–Kier alpha value is -0.290. The van der Waals surface area contributed by atoms with Gasteiger partial charge < -0.3 is 10.3 Å². The number of imidazole rings is 1. The monoisotopic (exact) mass is 280 g/mol. The average Bonchev–Trinajstić information content (AvgIpc) is 2.95. The van der Waals surface area contributed by atoms with E-state index in [-0.39, 0.29) is 24.8 Å². The van der Waals surface area contributed by atoms with Crippen LogP contribution in [0.15, 0.2) is 12.5 Å². The van der Waals surface area contributed by atoms with E-state index in [0.29, 0.717) is 6.04 Å². The lowest BCUT2D eigenvalue weighted by Gasteiger charge is -2.26. The van der Waals surface area contributed by atoms with Crippen LogP contribution in [0.5, 0.6) is 0 Å². The Kier molecular flexibility index (Phi) is 7.09. The van der Waals surface area contributed by atoms with Crippen molar-refractivity contribution in [3.05, 3.63) is 18.2 Å². The molecule has 2 rings (SSSR count). The molecule has 1 aliphatic rings. The summed E-state index contributed by atoms with van der Waals surface area (Å²) in [5.41, 5.74) is 7.06. The number of hydrogen-bond donors (Lipinski definition) is 1. The number of halogens is 2. The van der Waals surface area contributed by atoms with Crippen molar-refractivity contribution in [2.24, 2.45) is 18.7 Å². The molecule has 0 amide bonds. The number of nitrogens with two attached hydrogens (primary N) is 1. The molecule has 0 aromatic carbocycles. The first-order valence-electron chi connectivity index (χ1n) is 5.58. The minimum Gasteiger partial charge on any atom is -0.337 e. The first-order valence-corrected chi connectivity index (χ1v) is 5.58. The molecule has 100 valence electrons. The summed E-state index contributed by atoms with van der Waals surface area (Å²) in [5.74, 6) is 0.827. The van der Waals surface area contributed by atoms with Gasteiger partial charge in [-0.15, -0.1) is 24.8 Å². The van der Waals surface area contributed by atoms with E-state index in [1.54, 1.807) is 0 Å². The summed E-state index contributed by atoms with van der Waals surface area (Å²) in [5, 5.41) is 0. The Morgan fingerprint density at radius 2 is 2.18 bits per heavy atom. The number of aromatic nitrogens is 2. The second-order valence-corrected chi connectivity index (χ2v) is 4.55. The molecule has 0 saturated heterocycles. The van der Waals surface area contributed by atoms with Crippen molar-refractivity contribution >= 4 is 24.8 Å². The van der Waals surface area contributed by atoms with E-state index < -0.39 is 0 Å². The van der Waals surface area contributed by atoms with Crippen LogP contribution in [-0.2, 0) is 13.6 Å². The summed E-state index contributed by atoms with van der Waals surface area (Å²) in [6.07, 6.45) is 6.46. The molecule has 2 N–H and O–H groups in total. The van der Waals surface area contributed by atoms with Crippen molar-refractivity contribution < 1.29 is 0 Å². The van der Waals surface area contributed by atoms with Crippen molar-refractivity contribution in [2.75, 3.05) is 13.6 Å². The van der Waals surface area contributed by atoms with E-state index in [0.717, 1.165) is 19.0 Å². The molecule has 1 aliphatic carbocycles. The zero-order valence-corrected chi connectivity index (χ0v) is 12.0. The number of hydrogen-bond acceptors (Lipinski definition) is 3. The number of nitrogens with zero attached hydrogens (tertiary/aromatic N) is 3. The topological polar surface area (TPSA) is 47.1 Å². The lowest BCUT2D eigenvalue weighted by Crippen LogP contribution is -2.39. The van der Waals surface area contributed by atoms with Crippen molar-refractivity contribution in [1.82, 2.24) is 14.5 Å². The molecule has 1 heterocycles. The average molecular weight is 281 g/mol. The summed E-state index contributed by atoms with van der Waals surface area (Å²) >= 11 is 0. The van der Waals surface area contributed by atoms with Gasteiger partial charge in [0.05, 0.1) is 12.0 Å². The lowest BCUT2D eigenvalue weighted by atomic mass is 10.1. The Labute approximate surface area is 115 Å². The highest BCUT2D eigenvalue weighted by atomic mass is 35.5. The van der Waals surface area contributed by atoms with E-state index in [1.165, 1.54) is 18.5 Å². The highest BCUT2D eigenvalue weighted by Crippen LogP contribution is 2.34. The summed E-state index contributed by atoms with van der Waals surface area (Å²) in [7, 11) is 4.19. The fourth-order valence-electron chi connectivity index (χ4n) is 2.12. The third-order valence-corrected chi connectivity index (χ3v) is 3.30. The molecule has 6 heteroatoms. The van der Waals surface area contributed by atoms with E-state index >= 15 is 0 Å². The Morgan fingerprint density at radius 3 is 2.59 bits per heavy atom. The van der Waals surface area contributed by atoms with Gasteiger partial charge in [-0.3, -0.25) is 4.90 Å². The van der Waals surface area contributed by atoms with Gasteiger partial charge >= 0.3 is 0 Å². The van der Waals surface area contributed by atoms with Crippen LogP contribution in [0.4, 0.5) is 0 Å². The van der Waals surface area contributed by atoms with Crippen LogP contribution in [0.1, 0.15) is 18.5 Å². The maximum absolute atomic E-state index is 5.82. The third-order valence-electron chi connectivity index (χ3n) is 3.30. The van der Waals surface area contributed by atoms with Gasteiger partial charge in [0.15, 0.2) is 0 Å². The summed E-state index contributed by atoms with van der Waals surface area (Å²) in [6.45, 7) is 1.70. The summed E-state index contributed by atoms with van der Waals surface area (Å²) < 4.78 is 2.07. The van der Waals surface area contributed by atoms with E-state index in [2.05, 4.69) is 21.5 Å². The zero-order chi connectivity index (χ0) is 10.8. The summed E-state index contributed by atoms with van der Waals surface area (Å²) in [4.78, 5) is 6.48. The molecule has 0 bridgehead atoms. The standard InChI is InChI=1S/C11H20N4.2ClH/c1-14(11(5-12)9-3-4-9)7-10-6-13-8-15(10)2;;/h6,8-9,11H,3-5,7,12H2,1-2H3;2*1H. The normalized spacial score (nSPS) is 16.2. The van der Waals surface area contributed by atoms with Gasteiger partial charge in [0.25, 0.3) is 0 Å². The maximum Gasteiger partial charge on any atom is 0.0945 e. The highest BCUT2D eigenvalue weighted by molar-refractivity contribution is 5.85. The van der Waals surface area contributed by atoms with Crippen LogP contribution in [0.25, 0.3) is 0 Å². The SMILES string of the molecule is CN(Cc1cncn1C)C(CN)C1CC1.Cl.Cl. The molecule has 1 aromatic heterocycles. The van der Waals surface area contributed by atoms with Gasteiger partial charge in [0, 0.05) is 32.4 Å². The molecule has 1 unspecified atom stereocenters. The van der Waals surface area contributed by atoms with Gasteiger partial charge in [-0.2, -0.15) is 0 Å². The molecule has 1 fully saturated rings. The fourth-order valence-corrected chi connectivity index (χ4v) is 2.12. The Bertz CT molecular complexity index is 325. The predicted octanol–water partition coefficient (Wildman–Crippen LogP) is 1.43. The molecule has 1 aromatic rings. The fraction of sp³-hybridized carbons (Fsp3) is 0.727. The molecule has 1 saturated carbocycles. The minimum atomic E-state index is 0. The van der Waals surface area contributed by atoms with E-state index in [4.69, 9.17) is 5.73 Å². The molecule has 0 spiro atoms. The van der Waals surface area contributed by atoms with Gasteiger partial charge in [0.1, 0.15) is 0 Å².